The minimum atomic E-state index is -0.491. The summed E-state index contributed by atoms with van der Waals surface area (Å²) < 4.78 is 5.35. The lowest BCUT2D eigenvalue weighted by molar-refractivity contribution is 0.0288. The molecule has 0 aliphatic carbocycles. The van der Waals surface area contributed by atoms with Gasteiger partial charge in [-0.1, -0.05) is 0 Å². The van der Waals surface area contributed by atoms with Crippen LogP contribution in [0, 0.1) is 5.92 Å². The Kier molecular flexibility index (Phi) is 4.95. The second kappa shape index (κ2) is 6.72. The van der Waals surface area contributed by atoms with Crippen molar-refractivity contribution in [1.29, 1.82) is 0 Å². The highest BCUT2D eigenvalue weighted by Gasteiger charge is 2.29. The van der Waals surface area contributed by atoms with E-state index in [1.807, 2.05) is 20.8 Å². The molecule has 1 aliphatic rings. The summed E-state index contributed by atoms with van der Waals surface area (Å²) in [6.45, 7) is 7.30. The first-order valence-corrected chi connectivity index (χ1v) is 7.37. The minimum absolute atomic E-state index is 0.230. The van der Waals surface area contributed by atoms with E-state index in [-0.39, 0.29) is 17.9 Å². The van der Waals surface area contributed by atoms with Crippen LogP contribution in [-0.2, 0) is 4.74 Å². The Morgan fingerprint density at radius 2 is 2.18 bits per heavy atom. The molecule has 0 bridgehead atoms. The van der Waals surface area contributed by atoms with Crippen LogP contribution in [-0.4, -0.2) is 52.1 Å². The fraction of sp³-hybridized carbons (Fsp3) is 0.600. The van der Waals surface area contributed by atoms with Gasteiger partial charge in [0.05, 0.1) is 6.20 Å². The van der Waals surface area contributed by atoms with Crippen LogP contribution >= 0.6 is 0 Å². The van der Waals surface area contributed by atoms with Crippen molar-refractivity contribution in [3.05, 3.63) is 24.3 Å². The van der Waals surface area contributed by atoms with Crippen LogP contribution in [0.15, 0.2) is 18.6 Å². The Hall–Kier alpha value is -2.18. The molecule has 1 saturated heterocycles. The maximum absolute atomic E-state index is 12.0. The molecule has 1 aromatic heterocycles. The van der Waals surface area contributed by atoms with Gasteiger partial charge in [0.25, 0.3) is 5.91 Å². The lowest BCUT2D eigenvalue weighted by Gasteiger charge is -2.24. The quantitative estimate of drug-likeness (QED) is 0.914. The minimum Gasteiger partial charge on any atom is -0.444 e. The zero-order valence-corrected chi connectivity index (χ0v) is 13.2. The van der Waals surface area contributed by atoms with Gasteiger partial charge in [-0.15, -0.1) is 0 Å². The normalized spacial score (nSPS) is 18.1. The molecular formula is C15H22N4O3. The number of ether oxygens (including phenoxy) is 1. The number of carbonyl (C=O) groups excluding carboxylic acids is 2. The van der Waals surface area contributed by atoms with E-state index in [1.54, 1.807) is 4.90 Å². The molecule has 2 heterocycles. The smallest absolute Gasteiger partial charge is 0.410 e. The van der Waals surface area contributed by atoms with Crippen molar-refractivity contribution in [2.75, 3.05) is 19.6 Å². The third kappa shape index (κ3) is 4.68. The summed E-state index contributed by atoms with van der Waals surface area (Å²) in [5.41, 5.74) is -0.195. The lowest BCUT2D eigenvalue weighted by Crippen LogP contribution is -2.36. The number of likely N-dealkylation sites (tertiary alicyclic amines) is 1. The predicted molar refractivity (Wildman–Crippen MR) is 80.3 cm³/mol. The summed E-state index contributed by atoms with van der Waals surface area (Å²) in [6, 6.07) is 0. The summed E-state index contributed by atoms with van der Waals surface area (Å²) in [5.74, 6) is -0.0167. The number of carbonyl (C=O) groups is 2. The highest BCUT2D eigenvalue weighted by atomic mass is 16.6. The van der Waals surface area contributed by atoms with Gasteiger partial charge < -0.3 is 15.0 Å². The molecule has 1 fully saturated rings. The van der Waals surface area contributed by atoms with Crippen molar-refractivity contribution in [1.82, 2.24) is 20.2 Å². The molecule has 0 spiro atoms. The van der Waals surface area contributed by atoms with Crippen molar-refractivity contribution >= 4 is 12.0 Å². The fourth-order valence-corrected chi connectivity index (χ4v) is 2.24. The van der Waals surface area contributed by atoms with Gasteiger partial charge in [0.2, 0.25) is 0 Å². The van der Waals surface area contributed by atoms with Gasteiger partial charge in [-0.2, -0.15) is 0 Å². The third-order valence-electron chi connectivity index (χ3n) is 3.28. The van der Waals surface area contributed by atoms with E-state index in [4.69, 9.17) is 4.74 Å². The fourth-order valence-electron chi connectivity index (χ4n) is 2.24. The van der Waals surface area contributed by atoms with E-state index in [1.165, 1.54) is 18.6 Å². The van der Waals surface area contributed by atoms with Crippen molar-refractivity contribution in [2.24, 2.45) is 5.92 Å². The van der Waals surface area contributed by atoms with Crippen molar-refractivity contribution in [2.45, 2.75) is 32.8 Å². The zero-order chi connectivity index (χ0) is 16.2. The Morgan fingerprint density at radius 1 is 1.41 bits per heavy atom. The van der Waals surface area contributed by atoms with E-state index in [9.17, 15) is 9.59 Å². The zero-order valence-electron chi connectivity index (χ0n) is 13.2. The number of nitrogens with zero attached hydrogens (tertiary/aromatic N) is 3. The maximum Gasteiger partial charge on any atom is 0.410 e. The molecular weight excluding hydrogens is 284 g/mol. The molecule has 7 heteroatoms. The van der Waals surface area contributed by atoms with E-state index in [2.05, 4.69) is 15.3 Å². The molecule has 0 radical (unpaired) electrons. The number of aromatic nitrogens is 2. The molecule has 120 valence electrons. The predicted octanol–water partition coefficient (Wildman–Crippen LogP) is 1.46. The molecule has 2 rings (SSSR count). The third-order valence-corrected chi connectivity index (χ3v) is 3.28. The lowest BCUT2D eigenvalue weighted by atomic mass is 10.1. The average Bonchev–Trinajstić information content (AvgIpc) is 2.93. The molecule has 1 aliphatic heterocycles. The largest absolute Gasteiger partial charge is 0.444 e. The summed E-state index contributed by atoms with van der Waals surface area (Å²) >= 11 is 0. The second-order valence-electron chi connectivity index (χ2n) is 6.38. The Labute approximate surface area is 130 Å². The second-order valence-corrected chi connectivity index (χ2v) is 6.38. The molecule has 0 unspecified atom stereocenters. The monoisotopic (exact) mass is 306 g/mol. The van der Waals surface area contributed by atoms with Gasteiger partial charge in [0.1, 0.15) is 11.3 Å². The highest BCUT2D eigenvalue weighted by Crippen LogP contribution is 2.19. The number of nitrogens with one attached hydrogen (secondary N) is 1. The van der Waals surface area contributed by atoms with Crippen LogP contribution in [0.2, 0.25) is 0 Å². The van der Waals surface area contributed by atoms with Crippen LogP contribution in [0.25, 0.3) is 0 Å². The first-order valence-electron chi connectivity index (χ1n) is 7.37. The first-order chi connectivity index (χ1) is 10.3. The molecule has 1 aromatic rings. The standard InChI is InChI=1S/C15H22N4O3/c1-15(2,3)22-14(21)19-7-4-11(10-19)8-18-13(20)12-9-16-5-6-17-12/h5-6,9,11H,4,7-8,10H2,1-3H3,(H,18,20)/t11-/m0/s1. The molecule has 1 N–H and O–H groups in total. The molecule has 2 amide bonds. The van der Waals surface area contributed by atoms with E-state index in [0.29, 0.717) is 25.3 Å². The molecule has 0 aromatic carbocycles. The van der Waals surface area contributed by atoms with Crippen LogP contribution < -0.4 is 5.32 Å². The van der Waals surface area contributed by atoms with Gasteiger partial charge in [0, 0.05) is 32.0 Å². The van der Waals surface area contributed by atoms with Gasteiger partial charge in [-0.05, 0) is 33.1 Å². The summed E-state index contributed by atoms with van der Waals surface area (Å²) in [4.78, 5) is 33.3. The molecule has 1 atom stereocenters. The van der Waals surface area contributed by atoms with E-state index in [0.717, 1.165) is 6.42 Å². The van der Waals surface area contributed by atoms with Gasteiger partial charge in [0.15, 0.2) is 0 Å². The number of rotatable bonds is 3. The van der Waals surface area contributed by atoms with Crippen LogP contribution in [0.1, 0.15) is 37.7 Å². The van der Waals surface area contributed by atoms with Crippen molar-refractivity contribution in [3.8, 4) is 0 Å². The van der Waals surface area contributed by atoms with Gasteiger partial charge in [-0.3, -0.25) is 9.78 Å². The van der Waals surface area contributed by atoms with Crippen molar-refractivity contribution < 1.29 is 14.3 Å². The van der Waals surface area contributed by atoms with Crippen LogP contribution in [0.4, 0.5) is 4.79 Å². The number of hydrogen-bond acceptors (Lipinski definition) is 5. The summed E-state index contributed by atoms with van der Waals surface area (Å²) in [6.07, 6.45) is 4.98. The van der Waals surface area contributed by atoms with E-state index >= 15 is 0 Å². The average molecular weight is 306 g/mol. The number of amides is 2. The topological polar surface area (TPSA) is 84.4 Å². The van der Waals surface area contributed by atoms with Gasteiger partial charge >= 0.3 is 6.09 Å². The Balaban J connectivity index is 1.77. The molecule has 22 heavy (non-hydrogen) atoms. The molecule has 7 nitrogen and oxygen atoms in total. The van der Waals surface area contributed by atoms with E-state index < -0.39 is 5.60 Å². The van der Waals surface area contributed by atoms with Crippen LogP contribution in [0.3, 0.4) is 0 Å². The number of hydrogen-bond donors (Lipinski definition) is 1. The highest BCUT2D eigenvalue weighted by molar-refractivity contribution is 5.91. The van der Waals surface area contributed by atoms with Crippen LogP contribution in [0.5, 0.6) is 0 Å². The van der Waals surface area contributed by atoms with Crippen molar-refractivity contribution in [3.63, 3.8) is 0 Å². The summed E-state index contributed by atoms with van der Waals surface area (Å²) in [7, 11) is 0. The SMILES string of the molecule is CC(C)(C)OC(=O)N1CC[C@@H](CNC(=O)c2cnccn2)C1. The maximum atomic E-state index is 12.0. The Morgan fingerprint density at radius 3 is 2.82 bits per heavy atom. The molecule has 0 saturated carbocycles. The Bertz CT molecular complexity index is 527. The van der Waals surface area contributed by atoms with Gasteiger partial charge in [-0.25, -0.2) is 9.78 Å². The first kappa shape index (κ1) is 16.2. The summed E-state index contributed by atoms with van der Waals surface area (Å²) in [5, 5.41) is 2.83.